The topological polar surface area (TPSA) is 84.9 Å². The van der Waals surface area contributed by atoms with Crippen LogP contribution in [0.25, 0.3) is 0 Å². The van der Waals surface area contributed by atoms with Crippen molar-refractivity contribution in [2.75, 3.05) is 25.2 Å². The molecule has 4 rings (SSSR count). The summed E-state index contributed by atoms with van der Waals surface area (Å²) < 4.78 is 10.9. The smallest absolute Gasteiger partial charge is 0.336 e. The summed E-state index contributed by atoms with van der Waals surface area (Å²) in [6.07, 6.45) is 0.992. The Hall–Kier alpha value is -3.19. The van der Waals surface area contributed by atoms with Crippen LogP contribution in [0.15, 0.2) is 71.1 Å². The number of hydrogen-bond donors (Lipinski definition) is 2. The second-order valence-corrected chi connectivity index (χ2v) is 10.1. The lowest BCUT2D eigenvalue weighted by atomic mass is 9.71. The van der Waals surface area contributed by atoms with Crippen LogP contribution in [0.2, 0.25) is 0 Å². The Bertz CT molecular complexity index is 1170. The molecule has 35 heavy (non-hydrogen) atoms. The Morgan fingerprint density at radius 1 is 1.14 bits per heavy atom. The Kier molecular flexibility index (Phi) is 7.86. The number of Topliss-reactive ketones (excluding diaryl/α,β-unsaturated/α-hetero) is 1. The van der Waals surface area contributed by atoms with Crippen molar-refractivity contribution in [1.29, 1.82) is 0 Å². The third-order valence-electron chi connectivity index (χ3n) is 6.50. The van der Waals surface area contributed by atoms with Gasteiger partial charge in [0, 0.05) is 35.1 Å². The largest absolute Gasteiger partial charge is 0.508 e. The molecule has 1 heterocycles. The third kappa shape index (κ3) is 5.40. The monoisotopic (exact) mass is 493 g/mol. The fraction of sp³-hybridized carbons (Fsp3) is 0.357. The van der Waals surface area contributed by atoms with E-state index in [4.69, 9.17) is 9.47 Å². The van der Waals surface area contributed by atoms with Crippen LogP contribution in [0.4, 0.5) is 0 Å². The van der Waals surface area contributed by atoms with Gasteiger partial charge in [-0.05, 0) is 60.4 Å². The van der Waals surface area contributed by atoms with Gasteiger partial charge in [0.25, 0.3) is 0 Å². The molecule has 0 saturated heterocycles. The Balaban J connectivity index is 1.69. The first kappa shape index (κ1) is 24.9. The Morgan fingerprint density at radius 3 is 2.60 bits per heavy atom. The minimum absolute atomic E-state index is 0.00718. The highest BCUT2D eigenvalue weighted by atomic mass is 32.2. The number of ketones is 1. The summed E-state index contributed by atoms with van der Waals surface area (Å²) >= 11 is 1.70. The number of allylic oxidation sites excluding steroid dienone is 3. The zero-order valence-electron chi connectivity index (χ0n) is 20.3. The van der Waals surface area contributed by atoms with Crippen molar-refractivity contribution in [2.24, 2.45) is 0 Å². The van der Waals surface area contributed by atoms with Crippen molar-refractivity contribution in [3.05, 3.63) is 82.2 Å². The van der Waals surface area contributed by atoms with E-state index in [2.05, 4.69) is 12.2 Å². The minimum Gasteiger partial charge on any atom is -0.508 e. The van der Waals surface area contributed by atoms with Gasteiger partial charge in [0.05, 0.1) is 12.7 Å². The number of aromatic hydroxyl groups is 1. The van der Waals surface area contributed by atoms with Gasteiger partial charge in [0.2, 0.25) is 0 Å². The lowest BCUT2D eigenvalue weighted by Crippen LogP contribution is -2.36. The molecule has 0 unspecified atom stereocenters. The average Bonchev–Trinajstić information content (AvgIpc) is 2.85. The quantitative estimate of drug-likeness (QED) is 0.393. The fourth-order valence-corrected chi connectivity index (χ4v) is 5.36. The number of hydrogen-bond acceptors (Lipinski definition) is 7. The first-order valence-electron chi connectivity index (χ1n) is 11.8. The number of benzene rings is 2. The predicted octanol–water partition coefficient (Wildman–Crippen LogP) is 5.06. The van der Waals surface area contributed by atoms with Gasteiger partial charge in [-0.25, -0.2) is 4.79 Å². The number of thioether (sulfide) groups is 1. The maximum Gasteiger partial charge on any atom is 0.336 e. The first-order valence-corrected chi connectivity index (χ1v) is 13.0. The number of carbonyl (C=O) groups excluding carboxylic acids is 2. The van der Waals surface area contributed by atoms with E-state index in [-0.39, 0.29) is 17.5 Å². The molecule has 0 fully saturated rings. The van der Waals surface area contributed by atoms with Crippen LogP contribution in [-0.4, -0.2) is 42.1 Å². The molecule has 0 amide bonds. The number of rotatable bonds is 8. The molecule has 6 nitrogen and oxygen atoms in total. The Labute approximate surface area is 210 Å². The van der Waals surface area contributed by atoms with E-state index >= 15 is 0 Å². The molecule has 2 aromatic rings. The molecule has 1 aliphatic heterocycles. The number of ether oxygens (including phenoxy) is 2. The first-order chi connectivity index (χ1) is 16.9. The van der Waals surface area contributed by atoms with E-state index in [1.807, 2.05) is 37.3 Å². The van der Waals surface area contributed by atoms with Crippen molar-refractivity contribution >= 4 is 23.5 Å². The number of esters is 1. The summed E-state index contributed by atoms with van der Waals surface area (Å²) in [4.78, 5) is 26.8. The van der Waals surface area contributed by atoms with E-state index in [0.717, 1.165) is 28.5 Å². The molecule has 7 heteroatoms. The number of nitrogens with one attached hydrogen (secondary N) is 1. The molecule has 2 atom stereocenters. The zero-order valence-corrected chi connectivity index (χ0v) is 21.1. The van der Waals surface area contributed by atoms with Crippen molar-refractivity contribution < 1.29 is 24.2 Å². The van der Waals surface area contributed by atoms with E-state index in [0.29, 0.717) is 41.9 Å². The summed E-state index contributed by atoms with van der Waals surface area (Å²) in [6.45, 7) is 4.21. The van der Waals surface area contributed by atoms with E-state index in [1.165, 1.54) is 0 Å². The SMILES string of the molecule is CCSCCOC(=O)C1=C(C)NC2=C(C(=O)C[C@@H](c3ccc(OC)cc3)C2)[C@H]1c1cccc(O)c1. The minimum atomic E-state index is -0.589. The van der Waals surface area contributed by atoms with Crippen LogP contribution < -0.4 is 10.1 Å². The molecule has 2 aromatic carbocycles. The number of dihydropyridines is 1. The summed E-state index contributed by atoms with van der Waals surface area (Å²) in [5, 5.41) is 13.5. The van der Waals surface area contributed by atoms with Crippen LogP contribution in [0.3, 0.4) is 0 Å². The Morgan fingerprint density at radius 2 is 1.91 bits per heavy atom. The van der Waals surface area contributed by atoms with Gasteiger partial charge in [-0.15, -0.1) is 0 Å². The van der Waals surface area contributed by atoms with Crippen LogP contribution in [0.1, 0.15) is 49.7 Å². The van der Waals surface area contributed by atoms with Crippen molar-refractivity contribution in [2.45, 2.75) is 38.5 Å². The number of phenolic OH excluding ortho intramolecular Hbond substituents is 1. The van der Waals surface area contributed by atoms with Crippen LogP contribution in [-0.2, 0) is 14.3 Å². The molecule has 0 aromatic heterocycles. The lowest BCUT2D eigenvalue weighted by Gasteiger charge is -2.36. The van der Waals surface area contributed by atoms with Gasteiger partial charge in [-0.3, -0.25) is 4.79 Å². The molecular formula is C28H31NO5S. The highest BCUT2D eigenvalue weighted by Gasteiger charge is 2.41. The van der Waals surface area contributed by atoms with Gasteiger partial charge in [0.1, 0.15) is 18.1 Å². The second-order valence-electron chi connectivity index (χ2n) is 8.72. The summed E-state index contributed by atoms with van der Waals surface area (Å²) in [5.74, 6) is 1.53. The number of methoxy groups -OCH3 is 1. The van der Waals surface area contributed by atoms with Gasteiger partial charge in [-0.1, -0.05) is 31.2 Å². The molecule has 2 aliphatic rings. The van der Waals surface area contributed by atoms with Crippen molar-refractivity contribution in [3.8, 4) is 11.5 Å². The maximum absolute atomic E-state index is 13.6. The predicted molar refractivity (Wildman–Crippen MR) is 138 cm³/mol. The molecular weight excluding hydrogens is 462 g/mol. The maximum atomic E-state index is 13.6. The molecule has 2 N–H and O–H groups in total. The summed E-state index contributed by atoms with van der Waals surface area (Å²) in [6, 6.07) is 14.6. The summed E-state index contributed by atoms with van der Waals surface area (Å²) in [5.41, 5.74) is 4.28. The van der Waals surface area contributed by atoms with Crippen LogP contribution in [0.5, 0.6) is 11.5 Å². The molecule has 0 spiro atoms. The zero-order chi connectivity index (χ0) is 24.9. The van der Waals surface area contributed by atoms with Gasteiger partial charge in [-0.2, -0.15) is 11.8 Å². The van der Waals surface area contributed by atoms with Crippen LogP contribution >= 0.6 is 11.8 Å². The highest BCUT2D eigenvalue weighted by Crippen LogP contribution is 2.46. The molecule has 0 bridgehead atoms. The number of carbonyl (C=O) groups is 2. The third-order valence-corrected chi connectivity index (χ3v) is 7.37. The number of phenols is 1. The van der Waals surface area contributed by atoms with E-state index in [1.54, 1.807) is 37.1 Å². The van der Waals surface area contributed by atoms with E-state index in [9.17, 15) is 14.7 Å². The van der Waals surface area contributed by atoms with Crippen molar-refractivity contribution in [3.63, 3.8) is 0 Å². The van der Waals surface area contributed by atoms with E-state index < -0.39 is 11.9 Å². The van der Waals surface area contributed by atoms with Gasteiger partial charge in [0.15, 0.2) is 5.78 Å². The van der Waals surface area contributed by atoms with Gasteiger partial charge >= 0.3 is 5.97 Å². The van der Waals surface area contributed by atoms with Gasteiger partial charge < -0.3 is 19.9 Å². The molecule has 0 radical (unpaired) electrons. The lowest BCUT2D eigenvalue weighted by molar-refractivity contribution is -0.138. The molecule has 0 saturated carbocycles. The summed E-state index contributed by atoms with van der Waals surface area (Å²) in [7, 11) is 1.63. The fourth-order valence-electron chi connectivity index (χ4n) is 4.87. The molecule has 184 valence electrons. The second kappa shape index (κ2) is 11.0. The normalized spacial score (nSPS) is 19.8. The van der Waals surface area contributed by atoms with Crippen molar-refractivity contribution in [1.82, 2.24) is 5.32 Å². The average molecular weight is 494 g/mol. The highest BCUT2D eigenvalue weighted by molar-refractivity contribution is 7.99. The molecule has 1 aliphatic carbocycles. The standard InChI is InChI=1S/C28H31NO5S/c1-4-35-13-12-34-28(32)25-17(2)29-23-15-20(18-8-10-22(33-3)11-9-18)16-24(31)27(23)26(25)19-6-5-7-21(30)14-19/h5-11,14,20,26,29-30H,4,12-13,15-16H2,1-3H3/t20-,26-/m0/s1. The van der Waals surface area contributed by atoms with Crippen LogP contribution in [0, 0.1) is 0 Å².